The van der Waals surface area contributed by atoms with Crippen LogP contribution in [-0.2, 0) is 0 Å². The van der Waals surface area contributed by atoms with Gasteiger partial charge in [-0.1, -0.05) is 11.8 Å². The zero-order valence-corrected chi connectivity index (χ0v) is 9.72. The van der Waals surface area contributed by atoms with E-state index in [1.54, 1.807) is 18.3 Å². The number of carbonyl (C=O) groups is 1. The molecule has 0 spiro atoms. The predicted molar refractivity (Wildman–Crippen MR) is 64.1 cm³/mol. The van der Waals surface area contributed by atoms with Crippen LogP contribution in [0.2, 0.25) is 0 Å². The fourth-order valence-corrected chi connectivity index (χ4v) is 2.84. The summed E-state index contributed by atoms with van der Waals surface area (Å²) >= 11 is 2.80. The van der Waals surface area contributed by atoms with Gasteiger partial charge in [0.25, 0.3) is 0 Å². The van der Waals surface area contributed by atoms with Crippen molar-refractivity contribution in [2.24, 2.45) is 0 Å². The van der Waals surface area contributed by atoms with E-state index >= 15 is 0 Å². The summed E-state index contributed by atoms with van der Waals surface area (Å²) in [7, 11) is 0. The number of nitrogen functional groups attached to an aromatic ring is 1. The van der Waals surface area contributed by atoms with E-state index < -0.39 is 5.97 Å². The molecule has 1 heterocycles. The molecule has 2 rings (SSSR count). The number of nitrogens with two attached hydrogens (primary N) is 1. The van der Waals surface area contributed by atoms with Gasteiger partial charge in [0.2, 0.25) is 0 Å². The Labute approximate surface area is 100 Å². The van der Waals surface area contributed by atoms with Gasteiger partial charge in [-0.15, -0.1) is 11.3 Å². The number of carboxylic acid groups (broad SMARTS) is 1. The maximum Gasteiger partial charge on any atom is 0.336 e. The number of aromatic carboxylic acids is 1. The summed E-state index contributed by atoms with van der Waals surface area (Å²) in [6.45, 7) is 0. The van der Waals surface area contributed by atoms with Gasteiger partial charge in [0, 0.05) is 22.2 Å². The van der Waals surface area contributed by atoms with Gasteiger partial charge in [-0.05, 0) is 18.2 Å². The van der Waals surface area contributed by atoms with Gasteiger partial charge in [0.1, 0.15) is 0 Å². The van der Waals surface area contributed by atoms with Crippen molar-refractivity contribution in [1.29, 1.82) is 0 Å². The third kappa shape index (κ3) is 2.34. The first kappa shape index (κ1) is 11.0. The van der Waals surface area contributed by atoms with Gasteiger partial charge < -0.3 is 10.8 Å². The monoisotopic (exact) mass is 252 g/mol. The molecule has 16 heavy (non-hydrogen) atoms. The summed E-state index contributed by atoms with van der Waals surface area (Å²) in [5, 5.41) is 10.9. The molecule has 0 unspecified atom stereocenters. The highest BCUT2D eigenvalue weighted by molar-refractivity contribution is 8.01. The van der Waals surface area contributed by atoms with E-state index in [0.29, 0.717) is 10.6 Å². The van der Waals surface area contributed by atoms with E-state index in [1.807, 2.05) is 5.38 Å². The summed E-state index contributed by atoms with van der Waals surface area (Å²) in [6, 6.07) is 4.84. The Balaban J connectivity index is 2.36. The van der Waals surface area contributed by atoms with Gasteiger partial charge in [-0.3, -0.25) is 0 Å². The number of hydrogen-bond donors (Lipinski definition) is 2. The predicted octanol–water partition coefficient (Wildman–Crippen LogP) is 2.57. The van der Waals surface area contributed by atoms with Crippen LogP contribution < -0.4 is 5.73 Å². The normalized spacial score (nSPS) is 10.2. The minimum absolute atomic E-state index is 0.209. The molecule has 0 aliphatic heterocycles. The molecule has 2 aromatic rings. The van der Waals surface area contributed by atoms with E-state index in [4.69, 9.17) is 10.8 Å². The highest BCUT2D eigenvalue weighted by Crippen LogP contribution is 2.32. The van der Waals surface area contributed by atoms with Crippen molar-refractivity contribution in [3.05, 3.63) is 35.3 Å². The van der Waals surface area contributed by atoms with E-state index in [-0.39, 0.29) is 5.56 Å². The average molecular weight is 252 g/mol. The first-order valence-corrected chi connectivity index (χ1v) is 6.06. The lowest BCUT2D eigenvalue weighted by molar-refractivity contribution is 0.0693. The molecule has 0 aliphatic carbocycles. The van der Waals surface area contributed by atoms with Crippen molar-refractivity contribution in [3.63, 3.8) is 0 Å². The number of benzene rings is 1. The zero-order chi connectivity index (χ0) is 11.5. The lowest BCUT2D eigenvalue weighted by Crippen LogP contribution is -2.00. The van der Waals surface area contributed by atoms with Crippen LogP contribution in [0.25, 0.3) is 0 Å². The highest BCUT2D eigenvalue weighted by atomic mass is 32.2. The summed E-state index contributed by atoms with van der Waals surface area (Å²) in [5.41, 5.74) is 6.21. The van der Waals surface area contributed by atoms with E-state index in [9.17, 15) is 4.79 Å². The Hall–Kier alpha value is -1.53. The number of rotatable bonds is 3. The van der Waals surface area contributed by atoms with Crippen molar-refractivity contribution in [2.75, 3.05) is 5.73 Å². The minimum Gasteiger partial charge on any atom is -0.478 e. The van der Waals surface area contributed by atoms with Crippen LogP contribution >= 0.6 is 23.1 Å². The number of hydrogen-bond acceptors (Lipinski definition) is 5. The standard InChI is InChI=1S/C10H8N2O2S2/c11-6-1-2-8(7(5-6)9(13)14)16-10-12-3-4-15-10/h1-5H,11H2,(H,13,14). The number of carboxylic acids is 1. The fourth-order valence-electron chi connectivity index (χ4n) is 1.16. The fraction of sp³-hybridized carbons (Fsp3) is 0. The zero-order valence-electron chi connectivity index (χ0n) is 8.08. The molecular weight excluding hydrogens is 244 g/mol. The van der Waals surface area contributed by atoms with Crippen molar-refractivity contribution < 1.29 is 9.90 Å². The first-order valence-electron chi connectivity index (χ1n) is 4.37. The maximum atomic E-state index is 11.0. The summed E-state index contributed by atoms with van der Waals surface area (Å²) < 4.78 is 0.812. The van der Waals surface area contributed by atoms with Crippen molar-refractivity contribution in [3.8, 4) is 0 Å². The van der Waals surface area contributed by atoms with E-state index in [1.165, 1.54) is 29.2 Å². The number of nitrogens with zero attached hydrogens (tertiary/aromatic N) is 1. The molecule has 0 bridgehead atoms. The second-order valence-corrected chi connectivity index (χ2v) is 5.14. The smallest absolute Gasteiger partial charge is 0.336 e. The Morgan fingerprint density at radius 2 is 2.31 bits per heavy atom. The van der Waals surface area contributed by atoms with Gasteiger partial charge in [-0.25, -0.2) is 9.78 Å². The van der Waals surface area contributed by atoms with Gasteiger partial charge in [-0.2, -0.15) is 0 Å². The Morgan fingerprint density at radius 1 is 1.50 bits per heavy atom. The minimum atomic E-state index is -0.980. The Bertz CT molecular complexity index is 512. The SMILES string of the molecule is Nc1ccc(Sc2nccs2)c(C(=O)O)c1. The van der Waals surface area contributed by atoms with Gasteiger partial charge >= 0.3 is 5.97 Å². The van der Waals surface area contributed by atoms with Crippen LogP contribution in [-0.4, -0.2) is 16.1 Å². The molecule has 0 saturated heterocycles. The van der Waals surface area contributed by atoms with Crippen LogP contribution in [0.4, 0.5) is 5.69 Å². The quantitative estimate of drug-likeness (QED) is 0.821. The third-order valence-electron chi connectivity index (χ3n) is 1.84. The molecule has 0 fully saturated rings. The third-order valence-corrected chi connectivity index (χ3v) is 3.80. The summed E-state index contributed by atoms with van der Waals surface area (Å²) in [4.78, 5) is 15.8. The van der Waals surface area contributed by atoms with Crippen LogP contribution in [0.1, 0.15) is 10.4 Å². The molecule has 82 valence electrons. The summed E-state index contributed by atoms with van der Waals surface area (Å²) in [6.07, 6.45) is 1.69. The molecule has 0 amide bonds. The molecule has 6 heteroatoms. The number of anilines is 1. The van der Waals surface area contributed by atoms with Gasteiger partial charge in [0.05, 0.1) is 5.56 Å². The second kappa shape index (κ2) is 4.54. The topological polar surface area (TPSA) is 76.2 Å². The molecule has 1 aromatic carbocycles. The molecular formula is C10H8N2O2S2. The largest absolute Gasteiger partial charge is 0.478 e. The lowest BCUT2D eigenvalue weighted by atomic mass is 10.2. The molecule has 0 saturated carbocycles. The Kier molecular flexibility index (Phi) is 3.12. The Morgan fingerprint density at radius 3 is 2.94 bits per heavy atom. The molecule has 3 N–H and O–H groups in total. The molecule has 0 radical (unpaired) electrons. The second-order valence-electron chi connectivity index (χ2n) is 2.96. The van der Waals surface area contributed by atoms with Crippen molar-refractivity contribution in [2.45, 2.75) is 9.24 Å². The lowest BCUT2D eigenvalue weighted by Gasteiger charge is -2.04. The molecule has 4 nitrogen and oxygen atoms in total. The highest BCUT2D eigenvalue weighted by Gasteiger charge is 2.12. The van der Waals surface area contributed by atoms with E-state index in [0.717, 1.165) is 4.34 Å². The average Bonchev–Trinajstić information content (AvgIpc) is 2.73. The van der Waals surface area contributed by atoms with Crippen LogP contribution in [0.3, 0.4) is 0 Å². The van der Waals surface area contributed by atoms with Crippen molar-refractivity contribution >= 4 is 34.8 Å². The molecule has 0 aliphatic rings. The van der Waals surface area contributed by atoms with Crippen LogP contribution in [0, 0.1) is 0 Å². The number of aromatic nitrogens is 1. The maximum absolute atomic E-state index is 11.0. The number of thiazole rings is 1. The molecule has 0 atom stereocenters. The van der Waals surface area contributed by atoms with Gasteiger partial charge in [0.15, 0.2) is 4.34 Å². The van der Waals surface area contributed by atoms with Crippen LogP contribution in [0.15, 0.2) is 39.0 Å². The first-order chi connectivity index (χ1) is 7.66. The molecule has 1 aromatic heterocycles. The van der Waals surface area contributed by atoms with Crippen molar-refractivity contribution in [1.82, 2.24) is 4.98 Å². The van der Waals surface area contributed by atoms with Crippen LogP contribution in [0.5, 0.6) is 0 Å². The van der Waals surface area contributed by atoms with E-state index in [2.05, 4.69) is 4.98 Å². The summed E-state index contributed by atoms with van der Waals surface area (Å²) in [5.74, 6) is -0.980.